The molecule has 0 saturated carbocycles. The number of morpholine rings is 1. The van der Waals surface area contributed by atoms with Crippen molar-refractivity contribution in [3.05, 3.63) is 71.8 Å². The summed E-state index contributed by atoms with van der Waals surface area (Å²) in [6.45, 7) is 7.40. The second-order valence-corrected chi connectivity index (χ2v) is 7.54. The highest BCUT2D eigenvalue weighted by atomic mass is 16.5. The average molecular weight is 370 g/mol. The molecular weight excluding hydrogens is 338 g/mol. The molecule has 0 unspecified atom stereocenters. The van der Waals surface area contributed by atoms with Crippen LogP contribution in [0, 0.1) is 0 Å². The third-order valence-corrected chi connectivity index (χ3v) is 4.96. The van der Waals surface area contributed by atoms with Gasteiger partial charge in [0, 0.05) is 25.6 Å². The molecule has 1 saturated heterocycles. The van der Waals surface area contributed by atoms with Crippen molar-refractivity contribution in [1.29, 1.82) is 0 Å². The number of hydrogen-bond acceptors (Lipinski definition) is 4. The highest BCUT2D eigenvalue weighted by Crippen LogP contribution is 2.24. The van der Waals surface area contributed by atoms with E-state index in [1.54, 1.807) is 0 Å². The van der Waals surface area contributed by atoms with Gasteiger partial charge in [0.2, 0.25) is 0 Å². The lowest BCUT2D eigenvalue weighted by atomic mass is 9.92. The second kappa shape index (κ2) is 10.00. The molecule has 2 aromatic carbocycles. The van der Waals surface area contributed by atoms with Gasteiger partial charge < -0.3 is 14.6 Å². The van der Waals surface area contributed by atoms with Gasteiger partial charge >= 0.3 is 0 Å². The van der Waals surface area contributed by atoms with Crippen molar-refractivity contribution in [3.8, 4) is 0 Å². The summed E-state index contributed by atoms with van der Waals surface area (Å²) in [6.07, 6.45) is -0.0699. The molecule has 3 rings (SSSR count). The maximum Gasteiger partial charge on any atom is 0.0900 e. The smallest absolute Gasteiger partial charge is 0.0900 e. The molecule has 4 heteroatoms. The molecule has 4 nitrogen and oxygen atoms in total. The van der Waals surface area contributed by atoms with Crippen LogP contribution in [0.3, 0.4) is 0 Å². The molecule has 1 heterocycles. The zero-order valence-corrected chi connectivity index (χ0v) is 16.3. The molecule has 1 aliphatic heterocycles. The van der Waals surface area contributed by atoms with E-state index in [4.69, 9.17) is 9.47 Å². The molecule has 27 heavy (non-hydrogen) atoms. The number of aliphatic hydroxyl groups is 1. The molecule has 0 aromatic heterocycles. The van der Waals surface area contributed by atoms with E-state index in [0.29, 0.717) is 19.8 Å². The number of aliphatic hydroxyl groups excluding tert-OH is 1. The lowest BCUT2D eigenvalue weighted by Gasteiger charge is -2.36. The van der Waals surface area contributed by atoms with Crippen LogP contribution in [0.25, 0.3) is 0 Å². The summed E-state index contributed by atoms with van der Waals surface area (Å²) in [7, 11) is 0. The van der Waals surface area contributed by atoms with Gasteiger partial charge in [0.05, 0.1) is 31.5 Å². The summed E-state index contributed by atoms with van der Waals surface area (Å²) in [5.74, 6) is 0.169. The van der Waals surface area contributed by atoms with Crippen molar-refractivity contribution in [3.63, 3.8) is 0 Å². The Morgan fingerprint density at radius 2 is 1.44 bits per heavy atom. The first-order chi connectivity index (χ1) is 13.1. The predicted octanol–water partition coefficient (Wildman–Crippen LogP) is 3.31. The fraction of sp³-hybridized carbons (Fsp3) is 0.478. The molecule has 3 atom stereocenters. The second-order valence-electron chi connectivity index (χ2n) is 7.54. The van der Waals surface area contributed by atoms with E-state index in [9.17, 15) is 5.11 Å². The standard InChI is InChI=1S/C23H31NO3/c1-18-13-24(14-19(2)27-18)15-22(25)16-26-17-23(20-9-5-3-6-10-20)21-11-7-4-8-12-21/h3-12,18-19,22-23,25H,13-17H2,1-2H3/t18-,19-,22-/m0/s1. The molecule has 1 N–H and O–H groups in total. The molecule has 1 aliphatic rings. The van der Waals surface area contributed by atoms with E-state index in [1.807, 2.05) is 12.1 Å². The number of nitrogens with zero attached hydrogens (tertiary/aromatic N) is 1. The van der Waals surface area contributed by atoms with Gasteiger partial charge in [0.25, 0.3) is 0 Å². The number of ether oxygens (including phenoxy) is 2. The van der Waals surface area contributed by atoms with Crippen molar-refractivity contribution in [2.75, 3.05) is 32.8 Å². The van der Waals surface area contributed by atoms with E-state index < -0.39 is 6.10 Å². The van der Waals surface area contributed by atoms with Gasteiger partial charge in [-0.3, -0.25) is 4.90 Å². The lowest BCUT2D eigenvalue weighted by Crippen LogP contribution is -2.48. The Morgan fingerprint density at radius 3 is 1.96 bits per heavy atom. The van der Waals surface area contributed by atoms with Gasteiger partial charge in [-0.15, -0.1) is 0 Å². The largest absolute Gasteiger partial charge is 0.389 e. The maximum absolute atomic E-state index is 10.4. The van der Waals surface area contributed by atoms with Gasteiger partial charge in [-0.25, -0.2) is 0 Å². The summed E-state index contributed by atoms with van der Waals surface area (Å²) in [5, 5.41) is 10.4. The minimum absolute atomic E-state index is 0.169. The zero-order chi connectivity index (χ0) is 19.1. The highest BCUT2D eigenvalue weighted by molar-refractivity contribution is 5.32. The number of β-amino-alcohol motifs (C(OH)–C–C–N with tert-alkyl or cyclic N) is 1. The lowest BCUT2D eigenvalue weighted by molar-refractivity contribution is -0.0821. The third-order valence-electron chi connectivity index (χ3n) is 4.96. The SMILES string of the molecule is C[C@H]1CN(C[C@H](O)COCC(c2ccccc2)c2ccccc2)C[C@H](C)O1. The molecular formula is C23H31NO3. The summed E-state index contributed by atoms with van der Waals surface area (Å²) < 4.78 is 11.7. The van der Waals surface area contributed by atoms with Crippen LogP contribution >= 0.6 is 0 Å². The zero-order valence-electron chi connectivity index (χ0n) is 16.3. The number of benzene rings is 2. The average Bonchev–Trinajstić information content (AvgIpc) is 2.66. The van der Waals surface area contributed by atoms with E-state index in [-0.39, 0.29) is 18.1 Å². The van der Waals surface area contributed by atoms with Crippen LogP contribution in [0.5, 0.6) is 0 Å². The first-order valence-electron chi connectivity index (χ1n) is 9.85. The van der Waals surface area contributed by atoms with Gasteiger partial charge in [0.1, 0.15) is 0 Å². The van der Waals surface area contributed by atoms with Crippen molar-refractivity contribution in [1.82, 2.24) is 4.90 Å². The first-order valence-corrected chi connectivity index (χ1v) is 9.85. The molecule has 2 aromatic rings. The molecule has 0 radical (unpaired) electrons. The van der Waals surface area contributed by atoms with Crippen LogP contribution < -0.4 is 0 Å². The van der Waals surface area contributed by atoms with E-state index in [2.05, 4.69) is 67.3 Å². The fourth-order valence-corrected chi connectivity index (χ4v) is 3.86. The van der Waals surface area contributed by atoms with Crippen LogP contribution in [0.2, 0.25) is 0 Å². The monoisotopic (exact) mass is 369 g/mol. The van der Waals surface area contributed by atoms with Gasteiger partial charge in [-0.1, -0.05) is 60.7 Å². The van der Waals surface area contributed by atoms with Crippen molar-refractivity contribution in [2.45, 2.75) is 38.1 Å². The summed E-state index contributed by atoms with van der Waals surface area (Å²) in [6, 6.07) is 20.8. The molecule has 0 spiro atoms. The van der Waals surface area contributed by atoms with Crippen LogP contribution in [-0.4, -0.2) is 61.2 Å². The summed E-state index contributed by atoms with van der Waals surface area (Å²) in [4.78, 5) is 2.26. The Balaban J connectivity index is 1.53. The van der Waals surface area contributed by atoms with Crippen molar-refractivity contribution in [2.24, 2.45) is 0 Å². The predicted molar refractivity (Wildman–Crippen MR) is 108 cm³/mol. The number of rotatable bonds is 8. The van der Waals surface area contributed by atoms with Gasteiger partial charge in [-0.2, -0.15) is 0 Å². The third kappa shape index (κ3) is 6.15. The van der Waals surface area contributed by atoms with Crippen LogP contribution in [0.1, 0.15) is 30.9 Å². The van der Waals surface area contributed by atoms with Crippen molar-refractivity contribution < 1.29 is 14.6 Å². The number of hydrogen-bond donors (Lipinski definition) is 1. The first kappa shape index (κ1) is 20.0. The van der Waals surface area contributed by atoms with Crippen molar-refractivity contribution >= 4 is 0 Å². The Hall–Kier alpha value is -1.72. The highest BCUT2D eigenvalue weighted by Gasteiger charge is 2.24. The Kier molecular flexibility index (Phi) is 7.41. The molecule has 0 bridgehead atoms. The normalized spacial score (nSPS) is 22.1. The summed E-state index contributed by atoms with van der Waals surface area (Å²) in [5.41, 5.74) is 2.46. The van der Waals surface area contributed by atoms with Gasteiger partial charge in [-0.05, 0) is 25.0 Å². The minimum Gasteiger partial charge on any atom is -0.389 e. The maximum atomic E-state index is 10.4. The van der Waals surface area contributed by atoms with E-state index in [1.165, 1.54) is 11.1 Å². The topological polar surface area (TPSA) is 41.9 Å². The van der Waals surface area contributed by atoms with E-state index in [0.717, 1.165) is 13.1 Å². The molecule has 0 amide bonds. The molecule has 0 aliphatic carbocycles. The van der Waals surface area contributed by atoms with Crippen LogP contribution in [-0.2, 0) is 9.47 Å². The van der Waals surface area contributed by atoms with Gasteiger partial charge in [0.15, 0.2) is 0 Å². The van der Waals surface area contributed by atoms with Crippen LogP contribution in [0.15, 0.2) is 60.7 Å². The fourth-order valence-electron chi connectivity index (χ4n) is 3.86. The van der Waals surface area contributed by atoms with Crippen LogP contribution in [0.4, 0.5) is 0 Å². The Bertz CT molecular complexity index is 614. The molecule has 146 valence electrons. The Labute approximate surface area is 162 Å². The minimum atomic E-state index is -0.491. The summed E-state index contributed by atoms with van der Waals surface area (Å²) >= 11 is 0. The molecule has 1 fully saturated rings. The van der Waals surface area contributed by atoms with E-state index >= 15 is 0 Å². The quantitative estimate of drug-likeness (QED) is 0.775. The Morgan fingerprint density at radius 1 is 0.926 bits per heavy atom.